The van der Waals surface area contributed by atoms with Crippen molar-refractivity contribution in [1.29, 1.82) is 0 Å². The molecule has 0 saturated heterocycles. The third-order valence-electron chi connectivity index (χ3n) is 11.6. The lowest BCUT2D eigenvalue weighted by Crippen LogP contribution is -2.16. The second-order valence-electron chi connectivity index (χ2n) is 15.0. The van der Waals surface area contributed by atoms with Crippen molar-refractivity contribution in [2.45, 2.75) is 19.3 Å². The lowest BCUT2D eigenvalue weighted by Gasteiger charge is -2.28. The van der Waals surface area contributed by atoms with Gasteiger partial charge in [0.05, 0.1) is 5.52 Å². The Balaban J connectivity index is 1.09. The maximum atomic E-state index is 3.86. The molecule has 0 spiro atoms. The molecule has 2 heterocycles. The zero-order chi connectivity index (χ0) is 36.0. The van der Waals surface area contributed by atoms with Crippen molar-refractivity contribution in [1.82, 2.24) is 4.98 Å². The Morgan fingerprint density at radius 1 is 0.444 bits per heavy atom. The summed E-state index contributed by atoms with van der Waals surface area (Å²) in [6.07, 6.45) is 0. The van der Waals surface area contributed by atoms with Crippen molar-refractivity contribution in [3.05, 3.63) is 187 Å². The van der Waals surface area contributed by atoms with Crippen LogP contribution in [0.2, 0.25) is 0 Å². The van der Waals surface area contributed by atoms with E-state index in [1.807, 2.05) is 11.3 Å². The Hall–Kier alpha value is -6.42. The van der Waals surface area contributed by atoms with Crippen LogP contribution in [0.25, 0.3) is 75.4 Å². The fraction of sp³-hybridized carbons (Fsp3) is 0.0588. The molecule has 0 unspecified atom stereocenters. The molecule has 0 bridgehead atoms. The second kappa shape index (κ2) is 11.8. The Kier molecular flexibility index (Phi) is 6.80. The molecule has 3 heteroatoms. The van der Waals surface area contributed by atoms with Gasteiger partial charge in [-0.2, -0.15) is 0 Å². The Morgan fingerprint density at radius 2 is 1.07 bits per heavy atom. The lowest BCUT2D eigenvalue weighted by molar-refractivity contribution is 0.660. The van der Waals surface area contributed by atoms with Crippen LogP contribution in [-0.2, 0) is 5.41 Å². The summed E-state index contributed by atoms with van der Waals surface area (Å²) in [7, 11) is 0. The maximum Gasteiger partial charge on any atom is 0.0544 e. The van der Waals surface area contributed by atoms with Crippen molar-refractivity contribution in [2.24, 2.45) is 0 Å². The van der Waals surface area contributed by atoms with Crippen LogP contribution in [0.1, 0.15) is 25.0 Å². The third-order valence-corrected chi connectivity index (χ3v) is 12.8. The van der Waals surface area contributed by atoms with Gasteiger partial charge < -0.3 is 9.88 Å². The topological polar surface area (TPSA) is 19.0 Å². The average Bonchev–Trinajstić information content (AvgIpc) is 3.86. The summed E-state index contributed by atoms with van der Waals surface area (Å²) in [5.41, 5.74) is 15.9. The molecular weight excluding hydrogens is 673 g/mol. The van der Waals surface area contributed by atoms with Crippen molar-refractivity contribution in [2.75, 3.05) is 4.90 Å². The van der Waals surface area contributed by atoms with Crippen LogP contribution in [0.4, 0.5) is 17.1 Å². The number of H-pyrrole nitrogens is 1. The number of thiophene rings is 1. The van der Waals surface area contributed by atoms with E-state index in [-0.39, 0.29) is 5.41 Å². The summed E-state index contributed by atoms with van der Waals surface area (Å²) in [6.45, 7) is 4.71. The fourth-order valence-corrected chi connectivity index (χ4v) is 10.1. The number of hydrogen-bond donors (Lipinski definition) is 1. The number of benzene rings is 8. The highest BCUT2D eigenvalue weighted by Gasteiger charge is 2.35. The summed E-state index contributed by atoms with van der Waals surface area (Å²) >= 11 is 1.87. The van der Waals surface area contributed by atoms with Gasteiger partial charge in [0, 0.05) is 64.5 Å². The van der Waals surface area contributed by atoms with Crippen molar-refractivity contribution < 1.29 is 0 Å². The van der Waals surface area contributed by atoms with Gasteiger partial charge in [-0.3, -0.25) is 0 Å². The second-order valence-corrected chi connectivity index (χ2v) is 16.1. The van der Waals surface area contributed by atoms with Gasteiger partial charge in [0.2, 0.25) is 0 Å². The first-order valence-electron chi connectivity index (χ1n) is 18.7. The maximum absolute atomic E-state index is 3.86. The van der Waals surface area contributed by atoms with Gasteiger partial charge in [-0.25, -0.2) is 0 Å². The van der Waals surface area contributed by atoms with Gasteiger partial charge in [0.1, 0.15) is 0 Å². The fourth-order valence-electron chi connectivity index (χ4n) is 8.98. The number of anilines is 3. The molecule has 0 saturated carbocycles. The van der Waals surface area contributed by atoms with E-state index in [9.17, 15) is 0 Å². The molecule has 11 rings (SSSR count). The van der Waals surface area contributed by atoms with Gasteiger partial charge in [0.15, 0.2) is 0 Å². The number of nitrogens with zero attached hydrogens (tertiary/aromatic N) is 1. The SMILES string of the molecule is CC1(C)c2ccccc2-c2ccc(N(c3ccc(-c4ccccc4)cc3)c3ccc4[nH]c5c(-c6cccc7sc8ccccc8c67)cccc5c4c3)cc21. The third kappa shape index (κ3) is 4.65. The number of aromatic amines is 1. The van der Waals surface area contributed by atoms with Crippen LogP contribution < -0.4 is 4.90 Å². The van der Waals surface area contributed by atoms with E-state index in [1.165, 1.54) is 81.0 Å². The number of rotatable bonds is 5. The molecular formula is C51H36N2S. The number of aromatic nitrogens is 1. The quantitative estimate of drug-likeness (QED) is 0.189. The molecule has 8 aromatic carbocycles. The number of para-hydroxylation sites is 1. The van der Waals surface area contributed by atoms with Gasteiger partial charge >= 0.3 is 0 Å². The van der Waals surface area contributed by atoms with E-state index in [1.54, 1.807) is 0 Å². The number of hydrogen-bond acceptors (Lipinski definition) is 2. The van der Waals surface area contributed by atoms with Crippen molar-refractivity contribution in [3.8, 4) is 33.4 Å². The molecule has 256 valence electrons. The smallest absolute Gasteiger partial charge is 0.0544 e. The zero-order valence-corrected chi connectivity index (χ0v) is 30.9. The molecule has 0 atom stereocenters. The molecule has 0 radical (unpaired) electrons. The molecule has 2 nitrogen and oxygen atoms in total. The summed E-state index contributed by atoms with van der Waals surface area (Å²) in [5, 5.41) is 5.09. The number of nitrogens with one attached hydrogen (secondary N) is 1. The van der Waals surface area contributed by atoms with Crippen LogP contribution in [-0.4, -0.2) is 4.98 Å². The Morgan fingerprint density at radius 3 is 1.96 bits per heavy atom. The van der Waals surface area contributed by atoms with E-state index >= 15 is 0 Å². The summed E-state index contributed by atoms with van der Waals surface area (Å²) in [6, 6.07) is 64.7. The zero-order valence-electron chi connectivity index (χ0n) is 30.1. The minimum Gasteiger partial charge on any atom is -0.354 e. The van der Waals surface area contributed by atoms with Crippen LogP contribution in [0.3, 0.4) is 0 Å². The van der Waals surface area contributed by atoms with Crippen LogP contribution in [0, 0.1) is 0 Å². The molecule has 54 heavy (non-hydrogen) atoms. The normalized spacial score (nSPS) is 13.1. The molecule has 1 aliphatic carbocycles. The Bertz CT molecular complexity index is 3070. The first-order valence-corrected chi connectivity index (χ1v) is 19.5. The average molecular weight is 709 g/mol. The summed E-state index contributed by atoms with van der Waals surface area (Å²) < 4.78 is 2.64. The summed E-state index contributed by atoms with van der Waals surface area (Å²) in [4.78, 5) is 6.29. The van der Waals surface area contributed by atoms with Crippen LogP contribution in [0.15, 0.2) is 176 Å². The predicted octanol–water partition coefficient (Wildman–Crippen LogP) is 14.8. The highest BCUT2D eigenvalue weighted by Crippen LogP contribution is 2.51. The molecule has 1 aliphatic rings. The van der Waals surface area contributed by atoms with E-state index < -0.39 is 0 Å². The minimum absolute atomic E-state index is 0.0986. The van der Waals surface area contributed by atoms with E-state index in [0.717, 1.165) is 22.6 Å². The van der Waals surface area contributed by atoms with Crippen molar-refractivity contribution >= 4 is 70.4 Å². The van der Waals surface area contributed by atoms with E-state index in [4.69, 9.17) is 0 Å². The molecule has 2 aromatic heterocycles. The molecule has 0 aliphatic heterocycles. The molecule has 0 amide bonds. The first kappa shape index (κ1) is 31.1. The minimum atomic E-state index is -0.0986. The molecule has 1 N–H and O–H groups in total. The standard InChI is InChI=1S/C51H36N2S/c1-51(2)44-19-8-6-14-37(44)38-28-26-36(31-45(38)51)53(34-24-22-33(23-25-34)32-12-4-3-5-13-32)35-27-29-46-43(30-35)41-18-10-17-40(50(41)52-46)39-16-11-21-48-49(39)42-15-7-9-20-47(42)54-48/h3-31,52H,1-2H3. The summed E-state index contributed by atoms with van der Waals surface area (Å²) in [5.74, 6) is 0. The van der Waals surface area contributed by atoms with Gasteiger partial charge in [-0.15, -0.1) is 11.3 Å². The monoisotopic (exact) mass is 708 g/mol. The predicted molar refractivity (Wildman–Crippen MR) is 232 cm³/mol. The highest BCUT2D eigenvalue weighted by atomic mass is 32.1. The van der Waals surface area contributed by atoms with Crippen molar-refractivity contribution in [3.63, 3.8) is 0 Å². The largest absolute Gasteiger partial charge is 0.354 e. The number of fused-ring (bicyclic) bond motifs is 9. The van der Waals surface area contributed by atoms with Crippen LogP contribution in [0.5, 0.6) is 0 Å². The molecule has 10 aromatic rings. The van der Waals surface area contributed by atoms with Gasteiger partial charge in [-0.05, 0) is 93.5 Å². The van der Waals surface area contributed by atoms with Crippen LogP contribution >= 0.6 is 11.3 Å². The molecule has 0 fully saturated rings. The van der Waals surface area contributed by atoms with E-state index in [2.05, 4.69) is 200 Å². The van der Waals surface area contributed by atoms with Gasteiger partial charge in [-0.1, -0.05) is 135 Å². The highest BCUT2D eigenvalue weighted by molar-refractivity contribution is 7.25. The van der Waals surface area contributed by atoms with E-state index in [0.29, 0.717) is 0 Å². The first-order chi connectivity index (χ1) is 26.5. The lowest BCUT2D eigenvalue weighted by atomic mass is 9.82. The van der Waals surface area contributed by atoms with Gasteiger partial charge in [0.25, 0.3) is 0 Å². The Labute approximate surface area is 318 Å².